The van der Waals surface area contributed by atoms with Crippen molar-refractivity contribution in [1.29, 1.82) is 0 Å². The van der Waals surface area contributed by atoms with E-state index in [0.717, 1.165) is 6.42 Å². The minimum atomic E-state index is -3.20. The lowest BCUT2D eigenvalue weighted by Gasteiger charge is -2.24. The zero-order valence-electron chi connectivity index (χ0n) is 12.5. The molecule has 0 aromatic carbocycles. The third-order valence-electron chi connectivity index (χ3n) is 5.04. The number of rotatable bonds is 3. The summed E-state index contributed by atoms with van der Waals surface area (Å²) in [5, 5.41) is 3.50. The Labute approximate surface area is 126 Å². The standard InChI is InChI=1S/C14H25N3O3S/c1-21(19,20)16-11-6-7-17(9-11)14(18)13-8-10-4-2-3-5-12(10)15-13/h10-13,15-16H,2-9H2,1H3. The number of carbonyl (C=O) groups is 1. The van der Waals surface area contributed by atoms with Crippen molar-refractivity contribution in [3.8, 4) is 0 Å². The maximum Gasteiger partial charge on any atom is 0.239 e. The molecule has 0 spiro atoms. The van der Waals surface area contributed by atoms with Crippen LogP contribution in [-0.4, -0.2) is 56.7 Å². The van der Waals surface area contributed by atoms with Crippen molar-refractivity contribution in [3.63, 3.8) is 0 Å². The molecule has 0 bridgehead atoms. The summed E-state index contributed by atoms with van der Waals surface area (Å²) >= 11 is 0. The molecule has 0 aromatic rings. The van der Waals surface area contributed by atoms with Gasteiger partial charge in [0.15, 0.2) is 0 Å². The molecule has 1 amide bonds. The lowest BCUT2D eigenvalue weighted by atomic mass is 9.85. The summed E-state index contributed by atoms with van der Waals surface area (Å²) in [5.74, 6) is 0.808. The summed E-state index contributed by atoms with van der Waals surface area (Å²) < 4.78 is 25.1. The molecular weight excluding hydrogens is 290 g/mol. The minimum absolute atomic E-state index is 0.0601. The quantitative estimate of drug-likeness (QED) is 0.772. The summed E-state index contributed by atoms with van der Waals surface area (Å²) in [7, 11) is -3.20. The van der Waals surface area contributed by atoms with E-state index in [1.54, 1.807) is 0 Å². The normalized spacial score (nSPS) is 36.7. The average Bonchev–Trinajstić information content (AvgIpc) is 3.01. The molecular formula is C14H25N3O3S. The van der Waals surface area contributed by atoms with Gasteiger partial charge in [0.25, 0.3) is 0 Å². The number of hydrogen-bond donors (Lipinski definition) is 2. The maximum absolute atomic E-state index is 12.6. The predicted molar refractivity (Wildman–Crippen MR) is 80.3 cm³/mol. The van der Waals surface area contributed by atoms with E-state index < -0.39 is 10.0 Å². The molecule has 2 aliphatic heterocycles. The smallest absolute Gasteiger partial charge is 0.239 e. The second kappa shape index (κ2) is 5.85. The number of nitrogens with one attached hydrogen (secondary N) is 2. The summed E-state index contributed by atoms with van der Waals surface area (Å²) in [4.78, 5) is 14.4. The van der Waals surface area contributed by atoms with Crippen molar-refractivity contribution in [3.05, 3.63) is 0 Å². The number of carbonyl (C=O) groups excluding carboxylic acids is 1. The predicted octanol–water partition coefficient (Wildman–Crippen LogP) is 0.0572. The van der Waals surface area contributed by atoms with Gasteiger partial charge in [0.2, 0.25) is 15.9 Å². The van der Waals surface area contributed by atoms with E-state index in [0.29, 0.717) is 31.5 Å². The second-order valence-electron chi connectivity index (χ2n) is 6.77. The molecule has 21 heavy (non-hydrogen) atoms. The van der Waals surface area contributed by atoms with E-state index in [9.17, 15) is 13.2 Å². The third kappa shape index (κ3) is 3.57. The fourth-order valence-electron chi connectivity index (χ4n) is 4.09. The van der Waals surface area contributed by atoms with Gasteiger partial charge in [0.1, 0.15) is 0 Å². The fraction of sp³-hybridized carbons (Fsp3) is 0.929. The molecule has 4 atom stereocenters. The Kier molecular flexibility index (Phi) is 4.25. The monoisotopic (exact) mass is 315 g/mol. The molecule has 2 saturated heterocycles. The van der Waals surface area contributed by atoms with Gasteiger partial charge in [-0.15, -0.1) is 0 Å². The van der Waals surface area contributed by atoms with Crippen LogP contribution in [0.5, 0.6) is 0 Å². The highest BCUT2D eigenvalue weighted by Crippen LogP contribution is 2.34. The van der Waals surface area contributed by atoms with Gasteiger partial charge >= 0.3 is 0 Å². The lowest BCUT2D eigenvalue weighted by molar-refractivity contribution is -0.132. The van der Waals surface area contributed by atoms with Gasteiger partial charge in [-0.1, -0.05) is 12.8 Å². The molecule has 3 aliphatic rings. The fourth-order valence-corrected chi connectivity index (χ4v) is 4.89. The molecule has 2 N–H and O–H groups in total. The molecule has 3 rings (SSSR count). The summed E-state index contributed by atoms with van der Waals surface area (Å²) in [6.07, 6.45) is 7.79. The molecule has 1 aliphatic carbocycles. The summed E-state index contributed by atoms with van der Waals surface area (Å²) in [6, 6.07) is 0.322. The first-order valence-electron chi connectivity index (χ1n) is 7.94. The molecule has 6 nitrogen and oxygen atoms in total. The van der Waals surface area contributed by atoms with Crippen LogP contribution in [0.1, 0.15) is 38.5 Å². The van der Waals surface area contributed by atoms with Crippen molar-refractivity contribution < 1.29 is 13.2 Å². The van der Waals surface area contributed by atoms with Gasteiger partial charge in [-0.25, -0.2) is 13.1 Å². The first-order chi connectivity index (χ1) is 9.92. The Morgan fingerprint density at radius 2 is 2.00 bits per heavy atom. The van der Waals surface area contributed by atoms with Crippen LogP contribution in [0, 0.1) is 5.92 Å². The van der Waals surface area contributed by atoms with Gasteiger partial charge in [-0.05, 0) is 31.6 Å². The summed E-state index contributed by atoms with van der Waals surface area (Å²) in [5.41, 5.74) is 0. The van der Waals surface area contributed by atoms with Crippen LogP contribution in [0.25, 0.3) is 0 Å². The lowest BCUT2D eigenvalue weighted by Crippen LogP contribution is -2.46. The SMILES string of the molecule is CS(=O)(=O)NC1CCN(C(=O)C2CC3CCCCC3N2)C1. The van der Waals surface area contributed by atoms with E-state index in [-0.39, 0.29) is 18.0 Å². The van der Waals surface area contributed by atoms with Gasteiger partial charge in [0, 0.05) is 25.2 Å². The van der Waals surface area contributed by atoms with E-state index in [1.807, 2.05) is 4.90 Å². The number of sulfonamides is 1. The first kappa shape index (κ1) is 15.2. The first-order valence-corrected chi connectivity index (χ1v) is 9.83. The third-order valence-corrected chi connectivity index (χ3v) is 5.80. The number of amides is 1. The highest BCUT2D eigenvalue weighted by Gasteiger charge is 2.41. The Bertz CT molecular complexity index is 494. The van der Waals surface area contributed by atoms with Crippen molar-refractivity contribution in [2.75, 3.05) is 19.3 Å². The number of fused-ring (bicyclic) bond motifs is 1. The number of nitrogens with zero attached hydrogens (tertiary/aromatic N) is 1. The molecule has 3 fully saturated rings. The molecule has 1 saturated carbocycles. The van der Waals surface area contributed by atoms with Crippen molar-refractivity contribution in [1.82, 2.24) is 14.9 Å². The molecule has 7 heteroatoms. The van der Waals surface area contributed by atoms with Crippen LogP contribution >= 0.6 is 0 Å². The van der Waals surface area contributed by atoms with E-state index >= 15 is 0 Å². The van der Waals surface area contributed by atoms with Crippen LogP contribution in [0.3, 0.4) is 0 Å². The molecule has 0 radical (unpaired) electrons. The van der Waals surface area contributed by atoms with E-state index in [1.165, 1.54) is 31.9 Å². The number of hydrogen-bond acceptors (Lipinski definition) is 4. The van der Waals surface area contributed by atoms with Gasteiger partial charge in [0.05, 0.1) is 12.3 Å². The van der Waals surface area contributed by atoms with Gasteiger partial charge < -0.3 is 10.2 Å². The molecule has 4 unspecified atom stereocenters. The van der Waals surface area contributed by atoms with Crippen LogP contribution in [0.15, 0.2) is 0 Å². The Morgan fingerprint density at radius 3 is 2.71 bits per heavy atom. The molecule has 120 valence electrons. The molecule has 0 aromatic heterocycles. The zero-order valence-corrected chi connectivity index (χ0v) is 13.4. The van der Waals surface area contributed by atoms with Gasteiger partial charge in [-0.3, -0.25) is 4.79 Å². The second-order valence-corrected chi connectivity index (χ2v) is 8.55. The van der Waals surface area contributed by atoms with Crippen LogP contribution < -0.4 is 10.0 Å². The van der Waals surface area contributed by atoms with Crippen LogP contribution in [0.4, 0.5) is 0 Å². The van der Waals surface area contributed by atoms with Gasteiger partial charge in [-0.2, -0.15) is 0 Å². The zero-order chi connectivity index (χ0) is 15.0. The van der Waals surface area contributed by atoms with Crippen molar-refractivity contribution >= 4 is 15.9 Å². The maximum atomic E-state index is 12.6. The van der Waals surface area contributed by atoms with E-state index in [2.05, 4.69) is 10.0 Å². The topological polar surface area (TPSA) is 78.5 Å². The largest absolute Gasteiger partial charge is 0.340 e. The Balaban J connectivity index is 1.55. The Hall–Kier alpha value is -0.660. The average molecular weight is 315 g/mol. The van der Waals surface area contributed by atoms with Crippen molar-refractivity contribution in [2.45, 2.75) is 56.7 Å². The highest BCUT2D eigenvalue weighted by atomic mass is 32.2. The Morgan fingerprint density at radius 1 is 1.24 bits per heavy atom. The highest BCUT2D eigenvalue weighted by molar-refractivity contribution is 7.88. The van der Waals surface area contributed by atoms with Crippen LogP contribution in [-0.2, 0) is 14.8 Å². The van der Waals surface area contributed by atoms with Crippen molar-refractivity contribution in [2.24, 2.45) is 5.92 Å². The van der Waals surface area contributed by atoms with Crippen LogP contribution in [0.2, 0.25) is 0 Å². The minimum Gasteiger partial charge on any atom is -0.340 e. The number of likely N-dealkylation sites (tertiary alicyclic amines) is 1. The summed E-state index contributed by atoms with van der Waals surface area (Å²) in [6.45, 7) is 1.15. The molecule has 2 heterocycles. The van der Waals surface area contributed by atoms with E-state index in [4.69, 9.17) is 0 Å².